The van der Waals surface area contributed by atoms with E-state index >= 15 is 0 Å². The van der Waals surface area contributed by atoms with Crippen LogP contribution in [0.25, 0.3) is 0 Å². The number of benzene rings is 1. The molecule has 2 aliphatic rings. The van der Waals surface area contributed by atoms with E-state index in [4.69, 9.17) is 5.73 Å². The fraction of sp³-hybridized carbons (Fsp3) is 0.600. The first-order valence-corrected chi connectivity index (χ1v) is 7.88. The highest BCUT2D eigenvalue weighted by Crippen LogP contribution is 2.36. The van der Waals surface area contributed by atoms with Crippen molar-refractivity contribution in [3.8, 4) is 5.75 Å². The zero-order valence-electron chi connectivity index (χ0n) is 11.1. The molecule has 3 N–H and O–H groups in total. The van der Waals surface area contributed by atoms with Crippen molar-refractivity contribution in [3.63, 3.8) is 0 Å². The van der Waals surface area contributed by atoms with Gasteiger partial charge in [0.1, 0.15) is 5.75 Å². The highest BCUT2D eigenvalue weighted by molar-refractivity contribution is 9.10. The van der Waals surface area contributed by atoms with Crippen molar-refractivity contribution in [3.05, 3.63) is 28.2 Å². The second kappa shape index (κ2) is 5.43. The van der Waals surface area contributed by atoms with Crippen LogP contribution < -0.4 is 5.73 Å². The molecule has 3 unspecified atom stereocenters. The van der Waals surface area contributed by atoms with E-state index in [1.165, 1.54) is 19.3 Å². The molecule has 0 radical (unpaired) electrons. The number of hydrogen-bond donors (Lipinski definition) is 2. The SMILES string of the molecule is NC1CCCC2CN(Cc3cc(Br)ccc3O)CC12. The molecular weight excluding hydrogens is 304 g/mol. The molecule has 0 amide bonds. The Morgan fingerprint density at radius 3 is 2.95 bits per heavy atom. The van der Waals surface area contributed by atoms with Crippen LogP contribution in [0.4, 0.5) is 0 Å². The molecule has 3 rings (SSSR count). The average molecular weight is 325 g/mol. The molecule has 1 saturated heterocycles. The maximum Gasteiger partial charge on any atom is 0.120 e. The first-order valence-electron chi connectivity index (χ1n) is 7.09. The summed E-state index contributed by atoms with van der Waals surface area (Å²) in [7, 11) is 0. The van der Waals surface area contributed by atoms with Crippen LogP contribution in [0.15, 0.2) is 22.7 Å². The van der Waals surface area contributed by atoms with Crippen molar-refractivity contribution in [2.45, 2.75) is 31.8 Å². The molecule has 0 aromatic heterocycles. The second-order valence-corrected chi connectivity index (χ2v) is 6.90. The van der Waals surface area contributed by atoms with Gasteiger partial charge in [0.25, 0.3) is 0 Å². The fourth-order valence-electron chi connectivity index (χ4n) is 3.66. The summed E-state index contributed by atoms with van der Waals surface area (Å²) in [6.45, 7) is 3.03. The van der Waals surface area contributed by atoms with E-state index in [2.05, 4.69) is 20.8 Å². The van der Waals surface area contributed by atoms with Crippen molar-refractivity contribution in [1.29, 1.82) is 0 Å². The standard InChI is InChI=1S/C15H21BrN2O/c16-12-4-5-15(19)11(6-12)8-18-7-10-2-1-3-14(17)13(10)9-18/h4-6,10,13-14,19H,1-3,7-9,17H2. The maximum atomic E-state index is 9.93. The minimum atomic E-state index is 0.375. The van der Waals surface area contributed by atoms with E-state index in [-0.39, 0.29) is 0 Å². The highest BCUT2D eigenvalue weighted by atomic mass is 79.9. The summed E-state index contributed by atoms with van der Waals surface area (Å²) >= 11 is 3.47. The molecule has 2 fully saturated rings. The van der Waals surface area contributed by atoms with Gasteiger partial charge in [0.05, 0.1) is 0 Å². The molecule has 4 heteroatoms. The summed E-state index contributed by atoms with van der Waals surface area (Å²) in [5, 5.41) is 9.93. The van der Waals surface area contributed by atoms with Crippen LogP contribution in [0, 0.1) is 11.8 Å². The minimum absolute atomic E-state index is 0.375. The van der Waals surface area contributed by atoms with Gasteiger partial charge in [-0.15, -0.1) is 0 Å². The van der Waals surface area contributed by atoms with E-state index in [0.717, 1.165) is 35.6 Å². The van der Waals surface area contributed by atoms with Crippen LogP contribution in [0.2, 0.25) is 0 Å². The van der Waals surface area contributed by atoms with Crippen LogP contribution in [-0.4, -0.2) is 29.1 Å². The Balaban J connectivity index is 1.70. The number of phenols is 1. The van der Waals surface area contributed by atoms with Crippen LogP contribution in [0.5, 0.6) is 5.75 Å². The zero-order valence-corrected chi connectivity index (χ0v) is 12.6. The lowest BCUT2D eigenvalue weighted by atomic mass is 9.78. The van der Waals surface area contributed by atoms with Crippen molar-refractivity contribution >= 4 is 15.9 Å². The third kappa shape index (κ3) is 2.81. The lowest BCUT2D eigenvalue weighted by Crippen LogP contribution is -2.38. The molecule has 1 aliphatic carbocycles. The number of halogens is 1. The van der Waals surface area contributed by atoms with Gasteiger partial charge in [-0.1, -0.05) is 22.4 Å². The lowest BCUT2D eigenvalue weighted by Gasteiger charge is -2.29. The number of nitrogens with two attached hydrogens (primary N) is 1. The summed E-state index contributed by atoms with van der Waals surface area (Å²) in [6, 6.07) is 6.02. The van der Waals surface area contributed by atoms with Crippen molar-refractivity contribution in [2.75, 3.05) is 13.1 Å². The molecule has 1 aliphatic heterocycles. The lowest BCUT2D eigenvalue weighted by molar-refractivity contribution is 0.259. The predicted molar refractivity (Wildman–Crippen MR) is 79.9 cm³/mol. The molecule has 1 heterocycles. The van der Waals surface area contributed by atoms with Gasteiger partial charge < -0.3 is 10.8 Å². The quantitative estimate of drug-likeness (QED) is 0.879. The zero-order chi connectivity index (χ0) is 13.4. The Labute approximate surface area is 122 Å². The van der Waals surface area contributed by atoms with Crippen LogP contribution in [0.1, 0.15) is 24.8 Å². The summed E-state index contributed by atoms with van der Waals surface area (Å²) in [4.78, 5) is 2.45. The molecule has 104 valence electrons. The van der Waals surface area contributed by atoms with Gasteiger partial charge in [-0.2, -0.15) is 0 Å². The Morgan fingerprint density at radius 1 is 1.32 bits per heavy atom. The van der Waals surface area contributed by atoms with Gasteiger partial charge in [-0.25, -0.2) is 0 Å². The number of nitrogens with zero attached hydrogens (tertiary/aromatic N) is 1. The van der Waals surface area contributed by atoms with E-state index < -0.39 is 0 Å². The number of fused-ring (bicyclic) bond motifs is 1. The molecule has 1 aromatic carbocycles. The van der Waals surface area contributed by atoms with E-state index in [1.54, 1.807) is 6.07 Å². The third-order valence-corrected chi connectivity index (χ3v) is 5.16. The van der Waals surface area contributed by atoms with Gasteiger partial charge in [-0.05, 0) is 42.9 Å². The van der Waals surface area contributed by atoms with E-state index in [9.17, 15) is 5.11 Å². The van der Waals surface area contributed by atoms with Gasteiger partial charge >= 0.3 is 0 Å². The van der Waals surface area contributed by atoms with Crippen molar-refractivity contribution in [1.82, 2.24) is 4.90 Å². The van der Waals surface area contributed by atoms with Gasteiger partial charge in [-0.3, -0.25) is 4.90 Å². The second-order valence-electron chi connectivity index (χ2n) is 5.99. The monoisotopic (exact) mass is 324 g/mol. The summed E-state index contributed by atoms with van der Waals surface area (Å²) < 4.78 is 1.02. The number of rotatable bonds is 2. The number of likely N-dealkylation sites (tertiary alicyclic amines) is 1. The molecule has 1 saturated carbocycles. The van der Waals surface area contributed by atoms with Crippen LogP contribution >= 0.6 is 15.9 Å². The summed E-state index contributed by atoms with van der Waals surface area (Å²) in [5.41, 5.74) is 7.25. The molecule has 3 atom stereocenters. The number of hydrogen-bond acceptors (Lipinski definition) is 3. The smallest absolute Gasteiger partial charge is 0.120 e. The predicted octanol–water partition coefficient (Wildman–Crippen LogP) is 2.71. The maximum absolute atomic E-state index is 9.93. The average Bonchev–Trinajstić information content (AvgIpc) is 2.78. The highest BCUT2D eigenvalue weighted by Gasteiger charge is 2.38. The molecule has 3 nitrogen and oxygen atoms in total. The summed E-state index contributed by atoms with van der Waals surface area (Å²) in [6.07, 6.45) is 3.77. The number of aromatic hydroxyl groups is 1. The molecule has 0 spiro atoms. The Morgan fingerprint density at radius 2 is 2.16 bits per heavy atom. The first kappa shape index (κ1) is 13.4. The normalized spacial score (nSPS) is 31.4. The molecule has 1 aromatic rings. The fourth-order valence-corrected chi connectivity index (χ4v) is 4.07. The van der Waals surface area contributed by atoms with Crippen LogP contribution in [0.3, 0.4) is 0 Å². The van der Waals surface area contributed by atoms with E-state index in [1.807, 2.05) is 12.1 Å². The Kier molecular flexibility index (Phi) is 3.83. The first-order chi connectivity index (χ1) is 9.13. The summed E-state index contributed by atoms with van der Waals surface area (Å²) in [5.74, 6) is 1.81. The van der Waals surface area contributed by atoms with Crippen molar-refractivity contribution < 1.29 is 5.11 Å². The largest absolute Gasteiger partial charge is 0.508 e. The Bertz CT molecular complexity index is 465. The van der Waals surface area contributed by atoms with E-state index in [0.29, 0.717) is 17.7 Å². The topological polar surface area (TPSA) is 49.5 Å². The number of phenolic OH excluding ortho intramolecular Hbond substituents is 1. The van der Waals surface area contributed by atoms with Gasteiger partial charge in [0.15, 0.2) is 0 Å². The van der Waals surface area contributed by atoms with Crippen molar-refractivity contribution in [2.24, 2.45) is 17.6 Å². The van der Waals surface area contributed by atoms with Gasteiger partial charge in [0.2, 0.25) is 0 Å². The molecule has 19 heavy (non-hydrogen) atoms. The third-order valence-electron chi connectivity index (χ3n) is 4.67. The van der Waals surface area contributed by atoms with Gasteiger partial charge in [0, 0.05) is 35.7 Å². The molecule has 0 bridgehead atoms. The Hall–Kier alpha value is -0.580. The minimum Gasteiger partial charge on any atom is -0.508 e. The molecular formula is C15H21BrN2O. The van der Waals surface area contributed by atoms with Crippen LogP contribution in [-0.2, 0) is 6.54 Å².